The highest BCUT2D eigenvalue weighted by Crippen LogP contribution is 2.23. The van der Waals surface area contributed by atoms with Crippen LogP contribution in [-0.2, 0) is 14.3 Å². The van der Waals surface area contributed by atoms with Crippen LogP contribution >= 0.6 is 0 Å². The lowest BCUT2D eigenvalue weighted by atomic mass is 9.99. The molecule has 0 aromatic rings. The molecule has 9 nitrogen and oxygen atoms in total. The molecule has 0 aromatic carbocycles. The zero-order valence-electron chi connectivity index (χ0n) is 56.2. The van der Waals surface area contributed by atoms with E-state index in [1.54, 1.807) is 6.08 Å². The zero-order chi connectivity index (χ0) is 62.8. The Morgan fingerprint density at radius 1 is 0.402 bits per heavy atom. The van der Waals surface area contributed by atoms with Crippen molar-refractivity contribution in [3.05, 3.63) is 109 Å². The number of ether oxygens (including phenoxy) is 2. The Balaban J connectivity index is 2.15. The predicted molar refractivity (Wildman–Crippen MR) is 373 cm³/mol. The van der Waals surface area contributed by atoms with Crippen molar-refractivity contribution in [2.45, 2.75) is 365 Å². The molecule has 1 rings (SSSR count). The minimum atomic E-state index is -1.58. The topological polar surface area (TPSA) is 149 Å². The molecular weight excluding hydrogens is 1080 g/mol. The smallest absolute Gasteiger partial charge is 0.220 e. The first-order valence-electron chi connectivity index (χ1n) is 36.6. The van der Waals surface area contributed by atoms with Crippen molar-refractivity contribution in [1.29, 1.82) is 0 Å². The van der Waals surface area contributed by atoms with Gasteiger partial charge in [-0.15, -0.1) is 0 Å². The molecule has 0 bridgehead atoms. The summed E-state index contributed by atoms with van der Waals surface area (Å²) in [6.07, 6.45) is 90.6. The number of hydrogen-bond acceptors (Lipinski definition) is 8. The zero-order valence-corrected chi connectivity index (χ0v) is 56.2. The fourth-order valence-electron chi connectivity index (χ4n) is 11.2. The molecule has 0 aliphatic carbocycles. The van der Waals surface area contributed by atoms with Gasteiger partial charge in [0, 0.05) is 6.42 Å². The van der Waals surface area contributed by atoms with E-state index in [0.717, 1.165) is 83.5 Å². The quantitative estimate of drug-likeness (QED) is 0.0261. The second-order valence-electron chi connectivity index (χ2n) is 25.0. The van der Waals surface area contributed by atoms with Crippen LogP contribution in [0.5, 0.6) is 0 Å². The minimum Gasteiger partial charge on any atom is -0.394 e. The van der Waals surface area contributed by atoms with E-state index in [-0.39, 0.29) is 12.5 Å². The Bertz CT molecular complexity index is 1750. The summed E-state index contributed by atoms with van der Waals surface area (Å²) >= 11 is 0. The SMILES string of the molecule is CC/C=C\C/C=C\C/C=C\C/C=C\C/C=C\C/C=C\C/C=C\CCCCCCCCCCCCCCCC(=O)NC(COC1OC(CO)C(O)C(O)C1O)C(O)/C=C/CC/C=C/CCCCCCCCCCCCCCCCCCCCCCCCC. The van der Waals surface area contributed by atoms with Crippen molar-refractivity contribution in [3.8, 4) is 0 Å². The molecule has 0 saturated carbocycles. The van der Waals surface area contributed by atoms with Crippen molar-refractivity contribution in [2.75, 3.05) is 13.2 Å². The van der Waals surface area contributed by atoms with E-state index in [4.69, 9.17) is 9.47 Å². The van der Waals surface area contributed by atoms with Gasteiger partial charge in [0.2, 0.25) is 5.91 Å². The molecule has 6 N–H and O–H groups in total. The molecule has 0 radical (unpaired) electrons. The van der Waals surface area contributed by atoms with Crippen LogP contribution in [0.3, 0.4) is 0 Å². The summed E-state index contributed by atoms with van der Waals surface area (Å²) in [5.41, 5.74) is 0. The Kier molecular flexibility index (Phi) is 61.9. The normalized spacial score (nSPS) is 18.6. The number of unbranched alkanes of at least 4 members (excludes halogenated alkanes) is 37. The van der Waals surface area contributed by atoms with Crippen LogP contribution in [0.1, 0.15) is 322 Å². The molecule has 9 heteroatoms. The van der Waals surface area contributed by atoms with Crippen molar-refractivity contribution in [3.63, 3.8) is 0 Å². The number of rotatable bonds is 63. The van der Waals surface area contributed by atoms with Gasteiger partial charge in [0.1, 0.15) is 24.4 Å². The lowest BCUT2D eigenvalue weighted by molar-refractivity contribution is -0.302. The third-order valence-electron chi connectivity index (χ3n) is 16.8. The lowest BCUT2D eigenvalue weighted by Crippen LogP contribution is -2.60. The number of aliphatic hydroxyl groups is 5. The number of nitrogens with one attached hydrogen (secondary N) is 1. The third-order valence-corrected chi connectivity index (χ3v) is 16.8. The summed E-state index contributed by atoms with van der Waals surface area (Å²) in [6.45, 7) is 3.68. The van der Waals surface area contributed by atoms with Gasteiger partial charge in [-0.05, 0) is 89.9 Å². The summed E-state index contributed by atoms with van der Waals surface area (Å²) < 4.78 is 11.3. The maximum Gasteiger partial charge on any atom is 0.220 e. The monoisotopic (exact) mass is 1220 g/mol. The third kappa shape index (κ3) is 54.3. The fourth-order valence-corrected chi connectivity index (χ4v) is 11.2. The number of allylic oxidation sites excluding steroid dienone is 17. The Morgan fingerprint density at radius 2 is 0.724 bits per heavy atom. The second-order valence-corrected chi connectivity index (χ2v) is 25.0. The van der Waals surface area contributed by atoms with Gasteiger partial charge >= 0.3 is 0 Å². The molecule has 1 fully saturated rings. The van der Waals surface area contributed by atoms with Crippen LogP contribution in [0.2, 0.25) is 0 Å². The van der Waals surface area contributed by atoms with Gasteiger partial charge in [-0.2, -0.15) is 0 Å². The Labute approximate surface area is 536 Å². The first-order chi connectivity index (χ1) is 42.8. The van der Waals surface area contributed by atoms with E-state index in [9.17, 15) is 30.3 Å². The van der Waals surface area contributed by atoms with Crippen LogP contribution in [0.25, 0.3) is 0 Å². The molecule has 1 heterocycles. The number of carbonyl (C=O) groups is 1. The Hall–Kier alpha value is -3.15. The van der Waals surface area contributed by atoms with Gasteiger partial charge in [-0.25, -0.2) is 0 Å². The fraction of sp³-hybridized carbons (Fsp3) is 0.756. The van der Waals surface area contributed by atoms with E-state index in [1.165, 1.54) is 218 Å². The van der Waals surface area contributed by atoms with Gasteiger partial charge in [0.25, 0.3) is 0 Å². The van der Waals surface area contributed by atoms with E-state index in [1.807, 2.05) is 6.08 Å². The summed E-state index contributed by atoms with van der Waals surface area (Å²) in [4.78, 5) is 13.1. The molecule has 1 aliphatic heterocycles. The average Bonchev–Trinajstić information content (AvgIpc) is 3.47. The molecular formula is C78H137NO8. The molecule has 1 amide bonds. The highest BCUT2D eigenvalue weighted by Gasteiger charge is 2.44. The average molecular weight is 1220 g/mol. The van der Waals surface area contributed by atoms with Crippen molar-refractivity contribution >= 4 is 5.91 Å². The number of hydrogen-bond donors (Lipinski definition) is 6. The maximum absolute atomic E-state index is 13.1. The summed E-state index contributed by atoms with van der Waals surface area (Å²) in [7, 11) is 0. The van der Waals surface area contributed by atoms with Crippen LogP contribution in [0, 0.1) is 0 Å². The van der Waals surface area contributed by atoms with E-state index < -0.39 is 49.5 Å². The predicted octanol–water partition coefficient (Wildman–Crippen LogP) is 20.4. The first kappa shape index (κ1) is 81.9. The molecule has 1 aliphatic rings. The van der Waals surface area contributed by atoms with Crippen molar-refractivity contribution in [2.24, 2.45) is 0 Å². The molecule has 7 unspecified atom stereocenters. The first-order valence-corrected chi connectivity index (χ1v) is 36.6. The summed E-state index contributed by atoms with van der Waals surface area (Å²) in [5.74, 6) is -0.188. The van der Waals surface area contributed by atoms with E-state index >= 15 is 0 Å². The van der Waals surface area contributed by atoms with Gasteiger partial charge in [-0.1, -0.05) is 335 Å². The van der Waals surface area contributed by atoms with Crippen LogP contribution in [-0.4, -0.2) is 87.5 Å². The molecule has 0 spiro atoms. The summed E-state index contributed by atoms with van der Waals surface area (Å²) in [6, 6.07) is -0.831. The molecule has 87 heavy (non-hydrogen) atoms. The van der Waals surface area contributed by atoms with Gasteiger partial charge in [0.15, 0.2) is 6.29 Å². The molecule has 1 saturated heterocycles. The van der Waals surface area contributed by atoms with E-state index in [0.29, 0.717) is 6.42 Å². The molecule has 502 valence electrons. The van der Waals surface area contributed by atoms with Crippen LogP contribution in [0.15, 0.2) is 109 Å². The number of aliphatic hydroxyl groups excluding tert-OH is 5. The van der Waals surface area contributed by atoms with Crippen molar-refractivity contribution < 1.29 is 39.8 Å². The van der Waals surface area contributed by atoms with E-state index in [2.05, 4.69) is 116 Å². The number of amides is 1. The lowest BCUT2D eigenvalue weighted by Gasteiger charge is -2.40. The van der Waals surface area contributed by atoms with Gasteiger partial charge < -0.3 is 40.3 Å². The highest BCUT2D eigenvalue weighted by molar-refractivity contribution is 5.76. The maximum atomic E-state index is 13.1. The number of carbonyl (C=O) groups excluding carboxylic acids is 1. The Morgan fingerprint density at radius 3 is 1.10 bits per heavy atom. The molecule has 7 atom stereocenters. The van der Waals surface area contributed by atoms with Gasteiger partial charge in [0.05, 0.1) is 25.4 Å². The van der Waals surface area contributed by atoms with Crippen LogP contribution < -0.4 is 5.32 Å². The standard InChI is InChI=1S/C78H137NO8/c1-3-5-7-9-11-13-15-17-19-21-23-25-27-29-31-33-34-35-36-37-38-40-42-44-46-48-50-52-54-56-58-60-62-64-66-68-74(82)79-71(70-86-78-77(85)76(84)75(83)73(69-80)87-78)72(81)67-65-63-61-59-57-55-53-51-49-47-45-43-41-39-32-30-28-26-24-22-20-18-16-14-12-10-8-6-4-2/h5,7,11,13,17,19,23,25,29,31,34-35,37-38,57,59,65,67,71-73,75-78,80-81,83-85H,3-4,6,8-10,12,14-16,18,20-22,24,26-28,30,32-33,36,39-56,58,60-64,66,68-70H2,1-2H3,(H,79,82)/b7-5-,13-11-,19-17-,25-23-,31-29-,35-34-,38-37-,59-57+,67-65+. The second kappa shape index (κ2) is 65.8. The highest BCUT2D eigenvalue weighted by atomic mass is 16.7. The van der Waals surface area contributed by atoms with Crippen LogP contribution in [0.4, 0.5) is 0 Å². The summed E-state index contributed by atoms with van der Waals surface area (Å²) in [5, 5.41) is 54.8. The van der Waals surface area contributed by atoms with Crippen molar-refractivity contribution in [1.82, 2.24) is 5.32 Å². The largest absolute Gasteiger partial charge is 0.394 e. The molecule has 0 aromatic heterocycles. The minimum absolute atomic E-state index is 0.188. The van der Waals surface area contributed by atoms with Gasteiger partial charge in [-0.3, -0.25) is 4.79 Å².